The first-order valence-corrected chi connectivity index (χ1v) is 8.69. The zero-order valence-electron chi connectivity index (χ0n) is 15.2. The van der Waals surface area contributed by atoms with E-state index in [0.717, 1.165) is 17.0 Å². The minimum Gasteiger partial charge on any atom is -0.332 e. The first kappa shape index (κ1) is 19.8. The second kappa shape index (κ2) is 7.97. The molecule has 2 N–H and O–H groups in total. The molecular weight excluding hydrogens is 377 g/mol. The fourth-order valence-electron chi connectivity index (χ4n) is 3.08. The molecule has 1 aromatic carbocycles. The van der Waals surface area contributed by atoms with E-state index in [-0.39, 0.29) is 23.8 Å². The van der Waals surface area contributed by atoms with Crippen LogP contribution in [-0.4, -0.2) is 64.2 Å². The summed E-state index contributed by atoms with van der Waals surface area (Å²) in [6, 6.07) is 3.06. The van der Waals surface area contributed by atoms with E-state index in [1.165, 1.54) is 30.3 Å². The molecule has 2 heterocycles. The number of rotatable bonds is 4. The fraction of sp³-hybridized carbons (Fsp3) is 0.412. The van der Waals surface area contributed by atoms with Gasteiger partial charge in [0.15, 0.2) is 6.54 Å². The van der Waals surface area contributed by atoms with Crippen LogP contribution >= 0.6 is 0 Å². The van der Waals surface area contributed by atoms with Gasteiger partial charge in [0.1, 0.15) is 12.7 Å². The van der Waals surface area contributed by atoms with Gasteiger partial charge in [-0.3, -0.25) is 9.59 Å². The van der Waals surface area contributed by atoms with Gasteiger partial charge in [0.2, 0.25) is 5.91 Å². The summed E-state index contributed by atoms with van der Waals surface area (Å²) in [5, 5.41) is 6.48. The number of quaternary nitrogens is 1. The molecular formula is C17H20F3N6O2+. The fourth-order valence-corrected chi connectivity index (χ4v) is 3.08. The molecule has 3 rings (SSSR count). The highest BCUT2D eigenvalue weighted by Gasteiger charge is 2.32. The Morgan fingerprint density at radius 1 is 1.25 bits per heavy atom. The second-order valence-corrected chi connectivity index (χ2v) is 6.55. The third-order valence-corrected chi connectivity index (χ3v) is 4.59. The molecule has 0 aliphatic carbocycles. The van der Waals surface area contributed by atoms with E-state index >= 15 is 0 Å². The van der Waals surface area contributed by atoms with E-state index in [4.69, 9.17) is 0 Å². The molecule has 1 aromatic heterocycles. The molecule has 0 bridgehead atoms. The number of nitrogens with zero attached hydrogens (tertiary/aromatic N) is 4. The number of hydrogen-bond acceptors (Lipinski definition) is 4. The number of amides is 2. The first-order valence-electron chi connectivity index (χ1n) is 8.69. The maximum absolute atomic E-state index is 13.1. The highest BCUT2D eigenvalue weighted by atomic mass is 19.4. The van der Waals surface area contributed by atoms with Crippen LogP contribution < -0.4 is 10.2 Å². The molecule has 0 unspecified atom stereocenters. The zero-order valence-corrected chi connectivity index (χ0v) is 15.2. The Balaban J connectivity index is 1.73. The maximum atomic E-state index is 13.1. The third kappa shape index (κ3) is 4.66. The SMILES string of the molecule is CC(=O)N1CC[NH+](CC(=O)Nc2cc(C(F)(F)F)ccc2-n2cncn2)CC1. The summed E-state index contributed by atoms with van der Waals surface area (Å²) in [7, 11) is 0. The summed E-state index contributed by atoms with van der Waals surface area (Å²) in [6.45, 7) is 3.89. The van der Waals surface area contributed by atoms with E-state index < -0.39 is 17.6 Å². The largest absolute Gasteiger partial charge is 0.416 e. The van der Waals surface area contributed by atoms with Gasteiger partial charge < -0.3 is 15.1 Å². The molecule has 1 aliphatic rings. The average molecular weight is 397 g/mol. The summed E-state index contributed by atoms with van der Waals surface area (Å²) in [5.74, 6) is -0.420. The number of carbonyl (C=O) groups is 2. The van der Waals surface area contributed by atoms with Gasteiger partial charge in [-0.05, 0) is 18.2 Å². The number of piperazine rings is 1. The standard InChI is InChI=1S/C17H19F3N6O2/c1-12(27)25-6-4-24(5-7-25)9-16(28)23-14-8-13(17(18,19)20)2-3-15(14)26-11-21-10-22-26/h2-3,8,10-11H,4-7,9H2,1H3,(H,23,28)/p+1. The molecule has 1 fully saturated rings. The predicted octanol–water partition coefficient (Wildman–Crippen LogP) is -0.0284. The summed E-state index contributed by atoms with van der Waals surface area (Å²) in [4.78, 5) is 30.3. The Bertz CT molecular complexity index is 845. The van der Waals surface area contributed by atoms with Crippen molar-refractivity contribution in [2.45, 2.75) is 13.1 Å². The number of aromatic nitrogens is 3. The first-order chi connectivity index (χ1) is 13.2. The number of hydrogen-bond donors (Lipinski definition) is 2. The lowest BCUT2D eigenvalue weighted by atomic mass is 10.1. The molecule has 2 aromatic rings. The number of carbonyl (C=O) groups excluding carboxylic acids is 2. The minimum atomic E-state index is -4.53. The number of nitrogens with one attached hydrogen (secondary N) is 2. The lowest BCUT2D eigenvalue weighted by molar-refractivity contribution is -0.895. The van der Waals surface area contributed by atoms with E-state index in [9.17, 15) is 22.8 Å². The lowest BCUT2D eigenvalue weighted by Crippen LogP contribution is -3.15. The van der Waals surface area contributed by atoms with Gasteiger partial charge in [-0.25, -0.2) is 9.67 Å². The highest BCUT2D eigenvalue weighted by molar-refractivity contribution is 5.93. The van der Waals surface area contributed by atoms with Crippen molar-refractivity contribution in [3.05, 3.63) is 36.4 Å². The maximum Gasteiger partial charge on any atom is 0.416 e. The van der Waals surface area contributed by atoms with E-state index in [1.54, 1.807) is 4.90 Å². The van der Waals surface area contributed by atoms with Crippen LogP contribution in [0.4, 0.5) is 18.9 Å². The van der Waals surface area contributed by atoms with Crippen LogP contribution in [0.1, 0.15) is 12.5 Å². The van der Waals surface area contributed by atoms with Crippen molar-refractivity contribution in [1.29, 1.82) is 0 Å². The molecule has 1 saturated heterocycles. The van der Waals surface area contributed by atoms with Gasteiger partial charge in [-0.1, -0.05) is 0 Å². The van der Waals surface area contributed by atoms with Crippen LogP contribution in [0.3, 0.4) is 0 Å². The molecule has 2 amide bonds. The third-order valence-electron chi connectivity index (χ3n) is 4.59. The van der Waals surface area contributed by atoms with Gasteiger partial charge in [-0.15, -0.1) is 0 Å². The Morgan fingerprint density at radius 3 is 2.54 bits per heavy atom. The van der Waals surface area contributed by atoms with Crippen LogP contribution in [0, 0.1) is 0 Å². The van der Waals surface area contributed by atoms with Crippen molar-refractivity contribution in [2.24, 2.45) is 0 Å². The normalized spacial score (nSPS) is 15.5. The van der Waals surface area contributed by atoms with Crippen molar-refractivity contribution >= 4 is 17.5 Å². The Hall–Kier alpha value is -2.95. The van der Waals surface area contributed by atoms with Gasteiger partial charge in [0.05, 0.1) is 43.1 Å². The molecule has 0 spiro atoms. The van der Waals surface area contributed by atoms with E-state index in [0.29, 0.717) is 26.2 Å². The second-order valence-electron chi connectivity index (χ2n) is 6.55. The van der Waals surface area contributed by atoms with E-state index in [1.807, 2.05) is 0 Å². The van der Waals surface area contributed by atoms with Crippen LogP contribution in [0.2, 0.25) is 0 Å². The zero-order chi connectivity index (χ0) is 20.3. The predicted molar refractivity (Wildman–Crippen MR) is 92.8 cm³/mol. The number of benzene rings is 1. The Kier molecular flexibility index (Phi) is 5.63. The quantitative estimate of drug-likeness (QED) is 0.759. The number of alkyl halides is 3. The summed E-state index contributed by atoms with van der Waals surface area (Å²) in [5.41, 5.74) is -0.573. The van der Waals surface area contributed by atoms with Crippen molar-refractivity contribution in [3.8, 4) is 5.69 Å². The van der Waals surface area contributed by atoms with Crippen LogP contribution in [0.5, 0.6) is 0 Å². The molecule has 1 aliphatic heterocycles. The number of anilines is 1. The van der Waals surface area contributed by atoms with Crippen molar-refractivity contribution in [2.75, 3.05) is 38.0 Å². The van der Waals surface area contributed by atoms with Gasteiger partial charge in [0.25, 0.3) is 5.91 Å². The lowest BCUT2D eigenvalue weighted by Gasteiger charge is -2.31. The Morgan fingerprint density at radius 2 is 1.96 bits per heavy atom. The average Bonchev–Trinajstić information content (AvgIpc) is 3.15. The molecule has 0 atom stereocenters. The van der Waals surface area contributed by atoms with Crippen LogP contribution in [-0.2, 0) is 15.8 Å². The molecule has 0 radical (unpaired) electrons. The van der Waals surface area contributed by atoms with Crippen molar-refractivity contribution in [3.63, 3.8) is 0 Å². The molecule has 8 nitrogen and oxygen atoms in total. The Labute approximate surface area is 158 Å². The van der Waals surface area contributed by atoms with Gasteiger partial charge in [0, 0.05) is 6.92 Å². The summed E-state index contributed by atoms with van der Waals surface area (Å²) in [6.07, 6.45) is -1.94. The van der Waals surface area contributed by atoms with Crippen molar-refractivity contribution in [1.82, 2.24) is 19.7 Å². The van der Waals surface area contributed by atoms with Crippen molar-refractivity contribution < 1.29 is 27.7 Å². The van der Waals surface area contributed by atoms with Gasteiger partial charge >= 0.3 is 6.18 Å². The smallest absolute Gasteiger partial charge is 0.332 e. The molecule has 11 heteroatoms. The molecule has 0 saturated carbocycles. The van der Waals surface area contributed by atoms with Gasteiger partial charge in [-0.2, -0.15) is 18.3 Å². The minimum absolute atomic E-state index is 0.00657. The summed E-state index contributed by atoms with van der Waals surface area (Å²) >= 11 is 0. The molecule has 150 valence electrons. The monoisotopic (exact) mass is 397 g/mol. The van der Waals surface area contributed by atoms with Crippen LogP contribution in [0.25, 0.3) is 5.69 Å². The summed E-state index contributed by atoms with van der Waals surface area (Å²) < 4.78 is 40.5. The van der Waals surface area contributed by atoms with Crippen LogP contribution in [0.15, 0.2) is 30.9 Å². The topological polar surface area (TPSA) is 84.6 Å². The highest BCUT2D eigenvalue weighted by Crippen LogP contribution is 2.33. The molecule has 28 heavy (non-hydrogen) atoms. The van der Waals surface area contributed by atoms with E-state index in [2.05, 4.69) is 15.4 Å². The number of halogens is 3.